The quantitative estimate of drug-likeness (QED) is 0.577. The van der Waals surface area contributed by atoms with E-state index in [2.05, 4.69) is 9.97 Å². The van der Waals surface area contributed by atoms with Gasteiger partial charge in [0.05, 0.1) is 10.6 Å². The number of hydrogen-bond acceptors (Lipinski definition) is 6. The number of carboxylic acid groups (broad SMARTS) is 1. The van der Waals surface area contributed by atoms with Crippen LogP contribution in [0.5, 0.6) is 0 Å². The van der Waals surface area contributed by atoms with E-state index >= 15 is 0 Å². The fourth-order valence-corrected chi connectivity index (χ4v) is 3.64. The number of carbonyl (C=O) groups excluding carboxylic acids is 1. The van der Waals surface area contributed by atoms with E-state index in [-0.39, 0.29) is 22.5 Å². The molecular formula is C17H19ClN4O5S. The fourth-order valence-electron chi connectivity index (χ4n) is 2.43. The van der Waals surface area contributed by atoms with E-state index in [0.717, 1.165) is 0 Å². The van der Waals surface area contributed by atoms with Crippen LogP contribution in [0.2, 0.25) is 5.28 Å². The Bertz CT molecular complexity index is 981. The Morgan fingerprint density at radius 3 is 2.57 bits per heavy atom. The van der Waals surface area contributed by atoms with Gasteiger partial charge < -0.3 is 10.4 Å². The molecule has 1 unspecified atom stereocenters. The van der Waals surface area contributed by atoms with Crippen molar-refractivity contribution in [2.45, 2.75) is 31.2 Å². The van der Waals surface area contributed by atoms with Crippen LogP contribution in [0.1, 0.15) is 20.3 Å². The fraction of sp³-hybridized carbons (Fsp3) is 0.294. The van der Waals surface area contributed by atoms with Crippen LogP contribution < -0.4 is 10.0 Å². The molecule has 0 aliphatic heterocycles. The van der Waals surface area contributed by atoms with Crippen LogP contribution in [-0.4, -0.2) is 41.5 Å². The van der Waals surface area contributed by atoms with Gasteiger partial charge in [-0.1, -0.05) is 26.0 Å². The molecule has 28 heavy (non-hydrogen) atoms. The minimum atomic E-state index is -4.23. The second kappa shape index (κ2) is 8.98. The molecule has 9 nitrogen and oxygen atoms in total. The van der Waals surface area contributed by atoms with Crippen molar-refractivity contribution >= 4 is 33.6 Å². The van der Waals surface area contributed by atoms with E-state index in [4.69, 9.17) is 16.7 Å². The second-order valence-corrected chi connectivity index (χ2v) is 8.36. The predicted octanol–water partition coefficient (Wildman–Crippen LogP) is 2.28. The van der Waals surface area contributed by atoms with Crippen molar-refractivity contribution in [1.82, 2.24) is 20.0 Å². The lowest BCUT2D eigenvalue weighted by Gasteiger charge is -2.18. The maximum atomic E-state index is 12.6. The van der Waals surface area contributed by atoms with Gasteiger partial charge in [0.25, 0.3) is 15.9 Å². The molecule has 2 amide bonds. The zero-order chi connectivity index (χ0) is 20.9. The van der Waals surface area contributed by atoms with Gasteiger partial charge in [-0.2, -0.15) is 0 Å². The van der Waals surface area contributed by atoms with Crippen LogP contribution in [-0.2, 0) is 14.8 Å². The van der Waals surface area contributed by atoms with E-state index < -0.39 is 28.1 Å². The molecule has 0 aliphatic rings. The molecular weight excluding hydrogens is 408 g/mol. The Morgan fingerprint density at radius 1 is 1.25 bits per heavy atom. The third-order valence-corrected chi connectivity index (χ3v) is 5.15. The van der Waals surface area contributed by atoms with E-state index in [1.807, 2.05) is 10.0 Å². The molecule has 0 fully saturated rings. The summed E-state index contributed by atoms with van der Waals surface area (Å²) in [5.41, 5.74) is 0.871. The molecule has 1 heterocycles. The van der Waals surface area contributed by atoms with E-state index in [1.165, 1.54) is 24.4 Å². The van der Waals surface area contributed by atoms with Gasteiger partial charge in [-0.25, -0.2) is 27.9 Å². The molecule has 0 radical (unpaired) electrons. The highest BCUT2D eigenvalue weighted by Gasteiger charge is 2.27. The summed E-state index contributed by atoms with van der Waals surface area (Å²) in [6.07, 6.45) is 0.162. The van der Waals surface area contributed by atoms with Crippen molar-refractivity contribution in [2.75, 3.05) is 0 Å². The van der Waals surface area contributed by atoms with Gasteiger partial charge in [-0.15, -0.1) is 0 Å². The highest BCUT2D eigenvalue weighted by atomic mass is 35.5. The average molecular weight is 427 g/mol. The number of benzene rings is 1. The Kier molecular flexibility index (Phi) is 6.92. The molecule has 0 spiro atoms. The van der Waals surface area contributed by atoms with Crippen molar-refractivity contribution in [3.63, 3.8) is 0 Å². The number of halogens is 1. The molecule has 2 rings (SSSR count). The van der Waals surface area contributed by atoms with Gasteiger partial charge in [0.15, 0.2) is 0 Å². The maximum Gasteiger partial charge on any atom is 0.405 e. The first-order valence-electron chi connectivity index (χ1n) is 8.23. The molecule has 3 N–H and O–H groups in total. The summed E-state index contributed by atoms with van der Waals surface area (Å²) in [6, 6.07) is 6.13. The molecule has 11 heteroatoms. The number of sulfonamides is 1. The van der Waals surface area contributed by atoms with Crippen molar-refractivity contribution in [3.05, 3.63) is 41.8 Å². The SMILES string of the molecule is CC(C)CC(NC(=O)O)C(=O)NS(=O)(=O)c1cccc(-c2ccnc(Cl)n2)c1. The molecule has 1 aromatic heterocycles. The van der Waals surface area contributed by atoms with Crippen LogP contribution in [0.15, 0.2) is 41.4 Å². The highest BCUT2D eigenvalue weighted by molar-refractivity contribution is 7.90. The number of hydrogen-bond donors (Lipinski definition) is 3. The molecule has 150 valence electrons. The molecule has 0 bridgehead atoms. The summed E-state index contributed by atoms with van der Waals surface area (Å²) in [7, 11) is -4.23. The summed E-state index contributed by atoms with van der Waals surface area (Å²) >= 11 is 5.76. The van der Waals surface area contributed by atoms with Crippen LogP contribution >= 0.6 is 11.6 Å². The third-order valence-electron chi connectivity index (χ3n) is 3.62. The Hall–Kier alpha value is -2.72. The number of amides is 2. The largest absolute Gasteiger partial charge is 0.465 e. The number of aromatic nitrogens is 2. The summed E-state index contributed by atoms with van der Waals surface area (Å²) in [4.78, 5) is 30.9. The predicted molar refractivity (Wildman–Crippen MR) is 102 cm³/mol. The molecule has 1 aromatic carbocycles. The van der Waals surface area contributed by atoms with Gasteiger partial charge in [-0.3, -0.25) is 4.79 Å². The van der Waals surface area contributed by atoms with Crippen LogP contribution in [0, 0.1) is 5.92 Å². The molecule has 0 saturated carbocycles. The number of nitrogens with one attached hydrogen (secondary N) is 2. The van der Waals surface area contributed by atoms with Crippen molar-refractivity contribution in [1.29, 1.82) is 0 Å². The zero-order valence-electron chi connectivity index (χ0n) is 15.1. The Morgan fingerprint density at radius 2 is 1.96 bits per heavy atom. The van der Waals surface area contributed by atoms with E-state index in [9.17, 15) is 18.0 Å². The van der Waals surface area contributed by atoms with E-state index in [1.54, 1.807) is 26.0 Å². The number of rotatable bonds is 7. The highest BCUT2D eigenvalue weighted by Crippen LogP contribution is 2.21. The van der Waals surface area contributed by atoms with Crippen molar-refractivity contribution in [2.24, 2.45) is 5.92 Å². The standard InChI is InChI=1S/C17H19ClN4O5S/c1-10(2)8-14(21-17(24)25)15(23)22-28(26,27)12-5-3-4-11(9-12)13-6-7-19-16(18)20-13/h3-7,9-10,14,21H,8H2,1-2H3,(H,22,23)(H,24,25). The lowest BCUT2D eigenvalue weighted by atomic mass is 10.0. The van der Waals surface area contributed by atoms with Gasteiger partial charge in [0.2, 0.25) is 5.28 Å². The topological polar surface area (TPSA) is 138 Å². The first-order chi connectivity index (χ1) is 13.1. The molecule has 2 aromatic rings. The van der Waals surface area contributed by atoms with Crippen LogP contribution in [0.4, 0.5) is 4.79 Å². The summed E-state index contributed by atoms with van der Waals surface area (Å²) in [5.74, 6) is -0.984. The third kappa shape index (κ3) is 5.89. The van der Waals surface area contributed by atoms with Crippen LogP contribution in [0.25, 0.3) is 11.3 Å². The van der Waals surface area contributed by atoms with Crippen molar-refractivity contribution in [3.8, 4) is 11.3 Å². The normalized spacial score (nSPS) is 12.4. The summed E-state index contributed by atoms with van der Waals surface area (Å²) in [6.45, 7) is 3.57. The van der Waals surface area contributed by atoms with Crippen molar-refractivity contribution < 1.29 is 23.1 Å². The zero-order valence-corrected chi connectivity index (χ0v) is 16.7. The lowest BCUT2D eigenvalue weighted by molar-refractivity contribution is -0.121. The summed E-state index contributed by atoms with van der Waals surface area (Å²) in [5, 5.41) is 10.9. The molecule has 0 saturated heterocycles. The summed E-state index contributed by atoms with van der Waals surface area (Å²) < 4.78 is 27.1. The smallest absolute Gasteiger partial charge is 0.405 e. The van der Waals surface area contributed by atoms with E-state index in [0.29, 0.717) is 11.3 Å². The molecule has 1 atom stereocenters. The van der Waals surface area contributed by atoms with Crippen LogP contribution in [0.3, 0.4) is 0 Å². The number of carbonyl (C=O) groups is 2. The minimum absolute atomic E-state index is 0.00957. The molecule has 0 aliphatic carbocycles. The van der Waals surface area contributed by atoms with Gasteiger partial charge in [0.1, 0.15) is 6.04 Å². The first-order valence-corrected chi connectivity index (χ1v) is 10.1. The Balaban J connectivity index is 2.27. The second-order valence-electron chi connectivity index (χ2n) is 6.34. The van der Waals surface area contributed by atoms with Gasteiger partial charge in [-0.05, 0) is 42.1 Å². The van der Waals surface area contributed by atoms with Gasteiger partial charge in [0, 0.05) is 11.8 Å². The Labute approximate surface area is 167 Å². The maximum absolute atomic E-state index is 12.6. The first kappa shape index (κ1) is 21.6. The monoisotopic (exact) mass is 426 g/mol. The van der Waals surface area contributed by atoms with Gasteiger partial charge >= 0.3 is 6.09 Å². The average Bonchev–Trinajstić information content (AvgIpc) is 2.60. The minimum Gasteiger partial charge on any atom is -0.465 e. The lowest BCUT2D eigenvalue weighted by Crippen LogP contribution is -2.48. The number of nitrogens with zero attached hydrogens (tertiary/aromatic N) is 2.